The summed E-state index contributed by atoms with van der Waals surface area (Å²) in [4.78, 5) is 31.1. The van der Waals surface area contributed by atoms with Crippen molar-refractivity contribution < 1.29 is 54.8 Å². The number of hydrogen-bond acceptors (Lipinski definition) is 15. The zero-order valence-electron chi connectivity index (χ0n) is 48.0. The van der Waals surface area contributed by atoms with Gasteiger partial charge in [0.1, 0.15) is 0 Å². The Labute approximate surface area is 515 Å². The Balaban J connectivity index is 0.661. The topological polar surface area (TPSA) is 240 Å². The molecule has 2 aliphatic heterocycles. The summed E-state index contributed by atoms with van der Waals surface area (Å²) in [7, 11) is -1.56. The lowest BCUT2D eigenvalue weighted by molar-refractivity contribution is 0.0165. The van der Waals surface area contributed by atoms with Crippen molar-refractivity contribution in [1.82, 2.24) is 45.4 Å². The van der Waals surface area contributed by atoms with Gasteiger partial charge in [0.15, 0.2) is 0 Å². The van der Waals surface area contributed by atoms with Gasteiger partial charge in [0, 0.05) is 97.4 Å². The summed E-state index contributed by atoms with van der Waals surface area (Å²) in [5.74, 6) is -0.175. The molecule has 2 heterocycles. The summed E-state index contributed by atoms with van der Waals surface area (Å²) >= 11 is 25.7. The van der Waals surface area contributed by atoms with Crippen molar-refractivity contribution in [2.75, 3.05) is 166 Å². The number of fused-ring (bicyclic) bond motifs is 2. The zero-order valence-corrected chi connectivity index (χ0v) is 52.7. The van der Waals surface area contributed by atoms with Gasteiger partial charge in [0.25, 0.3) is 0 Å². The van der Waals surface area contributed by atoms with E-state index < -0.39 is 20.0 Å². The first-order chi connectivity index (χ1) is 40.4. The molecule has 0 aliphatic carbocycles. The average molecular weight is 1290 g/mol. The van der Waals surface area contributed by atoms with Crippen molar-refractivity contribution in [3.63, 3.8) is 0 Å². The molecule has 0 saturated heterocycles. The smallest absolute Gasteiger partial charge is 0.314 e. The van der Waals surface area contributed by atoms with Gasteiger partial charge in [-0.25, -0.2) is 35.9 Å². The maximum absolute atomic E-state index is 13.1. The highest BCUT2D eigenvalue weighted by atomic mass is 35.5. The molecule has 0 bridgehead atoms. The lowest BCUT2D eigenvalue weighted by Crippen LogP contribution is -2.39. The molecule has 0 unspecified atom stereocenters. The number of amides is 4. The molecule has 2 atom stereocenters. The molecule has 466 valence electrons. The van der Waals surface area contributed by atoms with Gasteiger partial charge >= 0.3 is 12.1 Å². The lowest BCUT2D eigenvalue weighted by Gasteiger charge is -2.33. The van der Waals surface area contributed by atoms with Crippen LogP contribution in [0.3, 0.4) is 0 Å². The van der Waals surface area contributed by atoms with E-state index in [4.69, 9.17) is 74.8 Å². The summed E-state index contributed by atoms with van der Waals surface area (Å²) in [6, 6.07) is 20.6. The molecular formula is C57H81Cl4N9O12S2. The Morgan fingerprint density at radius 2 is 0.845 bits per heavy atom. The maximum Gasteiger partial charge on any atom is 0.314 e. The van der Waals surface area contributed by atoms with Crippen LogP contribution in [0.25, 0.3) is 0 Å². The fourth-order valence-corrected chi connectivity index (χ4v) is 12.9. The van der Waals surface area contributed by atoms with Gasteiger partial charge in [-0.1, -0.05) is 70.7 Å². The standard InChI is InChI=1S/C57H81Cl4N9O12S2/c1-68(18-6-12-62-56(71)64-14-20-77-24-28-81-30-26-79-22-16-66-83(73,74)46-10-4-8-42(32-46)50-38-69(2)40-52-48(50)34-44(58)36-54(52)60)19-7-13-63-57(72)65-15-21-78-25-29-82-31-27-80-23-17-67-84(75,76)47-11-5-9-43(33-47)51-39-70(3)41-53-49(51)35-45(59)37-55(53)61/h4-5,8-11,32-37,50-51,66-67H,6-7,12-31,38-41H2,1-3H3,(H2,62,64,71)(H2,63,65,72)/t50-,51-/m0/s1. The van der Waals surface area contributed by atoms with Gasteiger partial charge in [0.05, 0.1) is 89.1 Å². The van der Waals surface area contributed by atoms with E-state index >= 15 is 0 Å². The Morgan fingerprint density at radius 3 is 1.23 bits per heavy atom. The quantitative estimate of drug-likeness (QED) is 0.0277. The van der Waals surface area contributed by atoms with Gasteiger partial charge in [-0.3, -0.25) is 0 Å². The number of rotatable bonds is 38. The van der Waals surface area contributed by atoms with Crippen LogP contribution in [0.1, 0.15) is 58.1 Å². The van der Waals surface area contributed by atoms with Gasteiger partial charge in [0.2, 0.25) is 20.0 Å². The third kappa shape index (κ3) is 23.6. The van der Waals surface area contributed by atoms with Gasteiger partial charge in [-0.15, -0.1) is 0 Å². The molecule has 0 aromatic heterocycles. The Kier molecular flexibility index (Phi) is 29.9. The monoisotopic (exact) mass is 1290 g/mol. The van der Waals surface area contributed by atoms with E-state index in [1.165, 1.54) is 0 Å². The first-order valence-electron chi connectivity index (χ1n) is 28.1. The molecule has 0 spiro atoms. The van der Waals surface area contributed by atoms with Crippen LogP contribution >= 0.6 is 46.4 Å². The van der Waals surface area contributed by atoms with Crippen molar-refractivity contribution >= 4 is 78.5 Å². The minimum Gasteiger partial charge on any atom is -0.378 e. The first-order valence-corrected chi connectivity index (χ1v) is 32.6. The zero-order chi connectivity index (χ0) is 60.3. The van der Waals surface area contributed by atoms with Crippen LogP contribution in [-0.2, 0) is 61.6 Å². The van der Waals surface area contributed by atoms with Gasteiger partial charge in [-0.2, -0.15) is 0 Å². The Bertz CT molecular complexity index is 2750. The molecule has 27 heteroatoms. The van der Waals surface area contributed by atoms with E-state index in [0.29, 0.717) is 125 Å². The van der Waals surface area contributed by atoms with E-state index in [-0.39, 0.29) is 73.2 Å². The number of hydrogen-bond donors (Lipinski definition) is 6. The van der Waals surface area contributed by atoms with E-state index in [1.807, 2.05) is 45.4 Å². The van der Waals surface area contributed by atoms with Crippen molar-refractivity contribution in [2.45, 2.75) is 47.6 Å². The van der Waals surface area contributed by atoms with E-state index in [9.17, 15) is 26.4 Å². The highest BCUT2D eigenvalue weighted by molar-refractivity contribution is 7.89. The second-order valence-corrected chi connectivity index (χ2v) is 25.6. The van der Waals surface area contributed by atoms with Crippen LogP contribution < -0.4 is 30.7 Å². The van der Waals surface area contributed by atoms with Crippen LogP contribution in [-0.4, -0.2) is 209 Å². The number of benzene rings is 4. The van der Waals surface area contributed by atoms with Crippen molar-refractivity contribution in [3.8, 4) is 0 Å². The maximum atomic E-state index is 13.1. The summed E-state index contributed by atoms with van der Waals surface area (Å²) in [6.07, 6.45) is 1.52. The van der Waals surface area contributed by atoms with E-state index in [2.05, 4.69) is 45.4 Å². The third-order valence-corrected chi connectivity index (χ3v) is 17.8. The van der Waals surface area contributed by atoms with Crippen molar-refractivity contribution in [3.05, 3.63) is 126 Å². The highest BCUT2D eigenvalue weighted by Gasteiger charge is 2.30. The summed E-state index contributed by atoms with van der Waals surface area (Å²) in [5, 5.41) is 13.5. The highest BCUT2D eigenvalue weighted by Crippen LogP contribution is 2.40. The SMILES string of the molecule is CN(CCCNC(=O)NCCOCCOCCOCCNS(=O)(=O)c1cccc([C@@H]2CN(C)Cc3c(Cl)cc(Cl)cc32)c1)CCCNC(=O)NCCOCCOCCOCCNS(=O)(=O)c1cccc([C@@H]2CN(C)Cc3c(Cl)cc(Cl)cc32)c1. The fraction of sp³-hybridized carbons (Fsp3) is 0.544. The van der Waals surface area contributed by atoms with Crippen LogP contribution in [0.5, 0.6) is 0 Å². The van der Waals surface area contributed by atoms with Crippen LogP contribution in [0, 0.1) is 0 Å². The fourth-order valence-electron chi connectivity index (χ4n) is 9.62. The number of nitrogens with one attached hydrogen (secondary N) is 6. The number of carbonyl (C=O) groups is 2. The molecule has 6 N–H and O–H groups in total. The molecule has 4 amide bonds. The summed E-state index contributed by atoms with van der Waals surface area (Å²) < 4.78 is 91.0. The van der Waals surface area contributed by atoms with Crippen LogP contribution in [0.2, 0.25) is 20.1 Å². The Hall–Kier alpha value is -3.96. The molecule has 2 aliphatic rings. The number of halogens is 4. The second kappa shape index (κ2) is 36.4. The number of sulfonamides is 2. The van der Waals surface area contributed by atoms with E-state index in [1.54, 1.807) is 48.5 Å². The summed E-state index contributed by atoms with van der Waals surface area (Å²) in [5.41, 5.74) is 5.71. The van der Waals surface area contributed by atoms with Gasteiger partial charge < -0.3 is 64.4 Å². The van der Waals surface area contributed by atoms with Crippen LogP contribution in [0.15, 0.2) is 82.6 Å². The van der Waals surface area contributed by atoms with Crippen molar-refractivity contribution in [2.24, 2.45) is 0 Å². The molecule has 6 rings (SSSR count). The second-order valence-electron chi connectivity index (χ2n) is 20.4. The molecule has 4 aromatic rings. The Morgan fingerprint density at radius 1 is 0.500 bits per heavy atom. The molecule has 0 fully saturated rings. The van der Waals surface area contributed by atoms with Gasteiger partial charge in [-0.05, 0) is 129 Å². The normalized spacial score (nSPS) is 15.7. The molecule has 0 saturated carbocycles. The number of ether oxygens (including phenoxy) is 6. The average Bonchev–Trinajstić information content (AvgIpc) is 3.05. The summed E-state index contributed by atoms with van der Waals surface area (Å²) in [6.45, 7) is 9.76. The molecular weight excluding hydrogens is 1210 g/mol. The molecule has 4 aromatic carbocycles. The van der Waals surface area contributed by atoms with Crippen molar-refractivity contribution in [1.29, 1.82) is 0 Å². The third-order valence-electron chi connectivity index (χ3n) is 13.8. The molecule has 21 nitrogen and oxygen atoms in total. The van der Waals surface area contributed by atoms with Crippen LogP contribution in [0.4, 0.5) is 9.59 Å². The number of urea groups is 2. The van der Waals surface area contributed by atoms with E-state index in [0.717, 1.165) is 59.3 Å². The first kappa shape index (κ1) is 69.1. The molecule has 84 heavy (non-hydrogen) atoms. The molecule has 0 radical (unpaired) electrons. The lowest BCUT2D eigenvalue weighted by atomic mass is 9.85. The minimum absolute atomic E-state index is 0.0873. The largest absolute Gasteiger partial charge is 0.378 e. The predicted molar refractivity (Wildman–Crippen MR) is 327 cm³/mol. The minimum atomic E-state index is -3.78. The number of carbonyl (C=O) groups excluding carboxylic acids is 2. The predicted octanol–water partition coefficient (Wildman–Crippen LogP) is 6.12. The number of nitrogens with zero attached hydrogens (tertiary/aromatic N) is 3. The number of likely N-dealkylation sites (N-methyl/N-ethyl adjacent to an activating group) is 2.